The quantitative estimate of drug-likeness (QED) is 0.00987. The Morgan fingerprint density at radius 3 is 2.01 bits per heavy atom. The standard InChI is InChI=1S/C59H59N5O15S/c65-44-14-12-42(13-15-44)56-54(48-19-16-45(66)35-51(48)80-56)55(69)41-8-10-43(11-9-41)57(70)63-61-36-39-6-17-46(18-7-39)79-34-33-77-30-29-75-26-25-73-23-24-74-27-28-76-31-32-78-38-53(68)60-22-2-4-40-3-1-5-47-49(40)37-64(59(47)72)50-20-21-52(67)62-58(50)71/h1,3,5-19,35-36,50,65-66H,20-34,37-38H2,(H,60,68)(H,63,70)(H,62,67,71). The summed E-state index contributed by atoms with van der Waals surface area (Å²) < 4.78 is 39.5. The summed E-state index contributed by atoms with van der Waals surface area (Å²) in [7, 11) is 0. The van der Waals surface area contributed by atoms with Crippen molar-refractivity contribution >= 4 is 63.0 Å². The maximum absolute atomic E-state index is 13.9. The molecule has 0 bridgehead atoms. The second-order valence-corrected chi connectivity index (χ2v) is 19.0. The summed E-state index contributed by atoms with van der Waals surface area (Å²) in [5, 5.41) is 29.6. The molecule has 1 fully saturated rings. The number of nitrogens with zero attached hydrogens (tertiary/aromatic N) is 2. The molecule has 1 atom stereocenters. The number of hydrogen-bond donors (Lipinski definition) is 5. The van der Waals surface area contributed by atoms with Crippen LogP contribution < -0.4 is 20.8 Å². The van der Waals surface area contributed by atoms with Gasteiger partial charge in [0.25, 0.3) is 11.8 Å². The van der Waals surface area contributed by atoms with Crippen molar-refractivity contribution < 1.29 is 72.1 Å². The number of hydrazone groups is 1. The van der Waals surface area contributed by atoms with E-state index in [0.29, 0.717) is 115 Å². The largest absolute Gasteiger partial charge is 0.508 e. The molecule has 1 unspecified atom stereocenters. The Labute approximate surface area is 464 Å². The van der Waals surface area contributed by atoms with Crippen LogP contribution in [-0.2, 0) is 49.3 Å². The third kappa shape index (κ3) is 16.4. The first kappa shape index (κ1) is 57.8. The fourth-order valence-electron chi connectivity index (χ4n) is 8.44. The van der Waals surface area contributed by atoms with Crippen LogP contribution in [0.1, 0.15) is 66.2 Å². The molecule has 2 aliphatic rings. The van der Waals surface area contributed by atoms with E-state index in [2.05, 4.69) is 33.0 Å². The third-order valence-corrected chi connectivity index (χ3v) is 13.7. The van der Waals surface area contributed by atoms with Crippen molar-refractivity contribution in [2.75, 3.05) is 92.4 Å². The van der Waals surface area contributed by atoms with E-state index >= 15 is 0 Å². The lowest BCUT2D eigenvalue weighted by Crippen LogP contribution is -2.52. The molecule has 5 amide bonds. The lowest BCUT2D eigenvalue weighted by molar-refractivity contribution is -0.137. The molecule has 0 aliphatic carbocycles. The molecule has 1 aromatic heterocycles. The first-order valence-corrected chi connectivity index (χ1v) is 26.6. The average Bonchev–Trinajstić information content (AvgIpc) is 4.13. The van der Waals surface area contributed by atoms with Crippen LogP contribution in [0.25, 0.3) is 20.5 Å². The summed E-state index contributed by atoms with van der Waals surface area (Å²) in [6, 6.07) is 29.4. The summed E-state index contributed by atoms with van der Waals surface area (Å²) in [6.45, 7) is 4.48. The summed E-state index contributed by atoms with van der Waals surface area (Å²) in [4.78, 5) is 78.1. The van der Waals surface area contributed by atoms with Crippen LogP contribution in [0.3, 0.4) is 0 Å². The van der Waals surface area contributed by atoms with E-state index in [1.54, 1.807) is 103 Å². The Hall–Kier alpha value is -8.33. The number of ketones is 1. The van der Waals surface area contributed by atoms with Crippen LogP contribution in [0.2, 0.25) is 0 Å². The molecule has 8 rings (SSSR count). The van der Waals surface area contributed by atoms with Crippen molar-refractivity contribution in [3.8, 4) is 39.5 Å². The summed E-state index contributed by atoms with van der Waals surface area (Å²) >= 11 is 1.37. The van der Waals surface area contributed by atoms with Crippen LogP contribution in [0.5, 0.6) is 17.2 Å². The lowest BCUT2D eigenvalue weighted by Gasteiger charge is -2.29. The van der Waals surface area contributed by atoms with Crippen molar-refractivity contribution in [3.63, 3.8) is 0 Å². The number of fused-ring (bicyclic) bond motifs is 2. The molecule has 21 heteroatoms. The predicted molar refractivity (Wildman–Crippen MR) is 295 cm³/mol. The van der Waals surface area contributed by atoms with Crippen molar-refractivity contribution in [2.24, 2.45) is 5.10 Å². The number of nitrogens with one attached hydrogen (secondary N) is 3. The minimum atomic E-state index is -0.710. The van der Waals surface area contributed by atoms with Crippen molar-refractivity contribution in [1.29, 1.82) is 0 Å². The Morgan fingerprint density at radius 2 is 1.35 bits per heavy atom. The van der Waals surface area contributed by atoms with Crippen LogP contribution >= 0.6 is 11.3 Å². The van der Waals surface area contributed by atoms with E-state index in [-0.39, 0.29) is 80.8 Å². The number of aromatic hydroxyl groups is 2. The highest BCUT2D eigenvalue weighted by Crippen LogP contribution is 2.41. The Morgan fingerprint density at radius 1 is 0.725 bits per heavy atom. The minimum Gasteiger partial charge on any atom is -0.508 e. The molecule has 0 saturated carbocycles. The number of phenolic OH excluding ortho intramolecular Hbond substituents is 2. The number of ether oxygens (including phenoxy) is 7. The number of piperidine rings is 1. The fourth-order valence-corrected chi connectivity index (χ4v) is 9.68. The Bertz CT molecular complexity index is 3230. The average molecular weight is 1110 g/mol. The number of hydrogen-bond acceptors (Lipinski definition) is 17. The lowest BCUT2D eigenvalue weighted by atomic mass is 9.97. The highest BCUT2D eigenvalue weighted by molar-refractivity contribution is 7.22. The van der Waals surface area contributed by atoms with E-state index in [1.165, 1.54) is 28.5 Å². The highest BCUT2D eigenvalue weighted by atomic mass is 32.1. The second-order valence-electron chi connectivity index (χ2n) is 18.0. The van der Waals surface area contributed by atoms with Gasteiger partial charge in [-0.3, -0.25) is 34.1 Å². The molecule has 5 N–H and O–H groups in total. The maximum atomic E-state index is 13.9. The van der Waals surface area contributed by atoms with Crippen LogP contribution in [-0.4, -0.2) is 155 Å². The fraction of sp³-hybridized carbons (Fsp3) is 0.305. The normalized spacial score (nSPS) is 14.0. The molecule has 6 aromatic rings. The molecule has 20 nitrogen and oxygen atoms in total. The van der Waals surface area contributed by atoms with Gasteiger partial charge in [0, 0.05) is 55.7 Å². The molecule has 3 heterocycles. The van der Waals surface area contributed by atoms with Gasteiger partial charge in [0.05, 0.1) is 85.4 Å². The molecular weight excluding hydrogens is 1050 g/mol. The number of thiophene rings is 1. The van der Waals surface area contributed by atoms with Gasteiger partial charge in [0.15, 0.2) is 5.78 Å². The van der Waals surface area contributed by atoms with Gasteiger partial charge in [-0.1, -0.05) is 30.0 Å². The molecule has 0 spiro atoms. The third-order valence-electron chi connectivity index (χ3n) is 12.5. The van der Waals surface area contributed by atoms with Gasteiger partial charge in [-0.05, 0) is 114 Å². The van der Waals surface area contributed by atoms with Gasteiger partial charge in [-0.15, -0.1) is 11.3 Å². The van der Waals surface area contributed by atoms with Gasteiger partial charge < -0.3 is 53.6 Å². The van der Waals surface area contributed by atoms with Crippen LogP contribution in [0.15, 0.2) is 114 Å². The zero-order valence-corrected chi connectivity index (χ0v) is 44.4. The number of carbonyl (C=O) groups is 6. The van der Waals surface area contributed by atoms with E-state index in [9.17, 15) is 39.0 Å². The first-order valence-electron chi connectivity index (χ1n) is 25.8. The first-order chi connectivity index (χ1) is 39.0. The molecule has 1 saturated heterocycles. The van der Waals surface area contributed by atoms with E-state index in [1.807, 2.05) is 0 Å². The van der Waals surface area contributed by atoms with Crippen LogP contribution in [0, 0.1) is 11.8 Å². The molecule has 2 aliphatic heterocycles. The summed E-state index contributed by atoms with van der Waals surface area (Å²) in [5.41, 5.74) is 6.98. The van der Waals surface area contributed by atoms with Gasteiger partial charge in [0.1, 0.15) is 36.5 Å². The van der Waals surface area contributed by atoms with Crippen molar-refractivity contribution in [1.82, 2.24) is 21.0 Å². The van der Waals surface area contributed by atoms with Crippen molar-refractivity contribution in [3.05, 3.63) is 148 Å². The highest BCUT2D eigenvalue weighted by Gasteiger charge is 2.39. The molecule has 416 valence electrons. The molecule has 0 radical (unpaired) electrons. The monoisotopic (exact) mass is 1110 g/mol. The van der Waals surface area contributed by atoms with Gasteiger partial charge in [0.2, 0.25) is 17.7 Å². The number of rotatable bonds is 29. The van der Waals surface area contributed by atoms with E-state index < -0.39 is 17.9 Å². The molecule has 5 aromatic carbocycles. The van der Waals surface area contributed by atoms with Crippen molar-refractivity contribution in [2.45, 2.75) is 25.4 Å². The topological polar surface area (TPSA) is 259 Å². The van der Waals surface area contributed by atoms with E-state index in [0.717, 1.165) is 15.8 Å². The number of imide groups is 1. The van der Waals surface area contributed by atoms with E-state index in [4.69, 9.17) is 33.2 Å². The number of carbonyl (C=O) groups excluding carboxylic acids is 6. The smallest absolute Gasteiger partial charge is 0.271 e. The predicted octanol–water partition coefficient (Wildman–Crippen LogP) is 5.38. The Kier molecular flexibility index (Phi) is 21.4. The van der Waals surface area contributed by atoms with Gasteiger partial charge >= 0.3 is 0 Å². The Balaban J connectivity index is 0.589. The molecule has 80 heavy (non-hydrogen) atoms. The number of amides is 5. The summed E-state index contributed by atoms with van der Waals surface area (Å²) in [6.07, 6.45) is 1.96. The maximum Gasteiger partial charge on any atom is 0.271 e. The van der Waals surface area contributed by atoms with Gasteiger partial charge in [-0.25, -0.2) is 5.43 Å². The zero-order valence-electron chi connectivity index (χ0n) is 43.6. The SMILES string of the molecule is O=C(COCCOCCOCCOCCOCCOCCOc1ccc(C=NNC(=O)c2ccc(C(=O)c3c(-c4ccc(O)cc4)sc4cc(O)ccc34)cc2)cc1)NCC#Cc1cccc2c1CN(C1CCC(=O)NC1=O)C2=O. The number of phenols is 2. The second kappa shape index (κ2) is 29.6. The van der Waals surface area contributed by atoms with Crippen LogP contribution in [0.4, 0.5) is 0 Å². The zero-order chi connectivity index (χ0) is 56.1. The van der Waals surface area contributed by atoms with Gasteiger partial charge in [-0.2, -0.15) is 5.10 Å². The molecular formula is C59H59N5O15S. The minimum absolute atomic E-state index is 0.0765. The summed E-state index contributed by atoms with van der Waals surface area (Å²) in [5.74, 6) is 4.61. The number of benzene rings is 5.